The van der Waals surface area contributed by atoms with E-state index in [1.54, 1.807) is 56.4 Å². The zero-order valence-corrected chi connectivity index (χ0v) is 20.9. The summed E-state index contributed by atoms with van der Waals surface area (Å²) in [6, 6.07) is 9.02. The van der Waals surface area contributed by atoms with Crippen LogP contribution in [0.3, 0.4) is 0 Å². The molecule has 2 aromatic heterocycles. The van der Waals surface area contributed by atoms with E-state index in [0.717, 1.165) is 17.8 Å². The molecule has 1 fully saturated rings. The van der Waals surface area contributed by atoms with Crippen LogP contribution in [0.4, 0.5) is 5.13 Å². The van der Waals surface area contributed by atoms with E-state index in [1.807, 2.05) is 6.92 Å². The summed E-state index contributed by atoms with van der Waals surface area (Å²) in [4.78, 5) is 48.8. The molecule has 1 saturated heterocycles. The Labute approximate surface area is 212 Å². The molecule has 0 unspecified atom stereocenters. The van der Waals surface area contributed by atoms with Crippen LogP contribution in [0.15, 0.2) is 54.4 Å². The number of ether oxygens (including phenoxy) is 2. The number of carbonyl (C=O) groups excluding carboxylic acids is 3. The van der Waals surface area contributed by atoms with E-state index in [4.69, 9.17) is 9.47 Å². The van der Waals surface area contributed by atoms with Gasteiger partial charge in [0.05, 0.1) is 30.5 Å². The molecule has 0 radical (unpaired) electrons. The van der Waals surface area contributed by atoms with Crippen LogP contribution in [0.25, 0.3) is 5.76 Å². The highest BCUT2D eigenvalue weighted by molar-refractivity contribution is 7.17. The molecule has 3 aromatic rings. The van der Waals surface area contributed by atoms with Gasteiger partial charge in [0, 0.05) is 18.0 Å². The summed E-state index contributed by atoms with van der Waals surface area (Å²) in [7, 11) is 0. The van der Waals surface area contributed by atoms with Gasteiger partial charge in [-0.1, -0.05) is 24.3 Å². The molecule has 0 spiro atoms. The molecule has 4 rings (SSSR count). The molecule has 0 bridgehead atoms. The molecule has 0 saturated carbocycles. The van der Waals surface area contributed by atoms with Crippen LogP contribution in [0.5, 0.6) is 5.75 Å². The lowest BCUT2D eigenvalue weighted by Gasteiger charge is -2.22. The molecule has 1 aliphatic heterocycles. The first kappa shape index (κ1) is 25.1. The summed E-state index contributed by atoms with van der Waals surface area (Å²) >= 11 is 0.954. The van der Waals surface area contributed by atoms with Crippen LogP contribution in [0.2, 0.25) is 0 Å². The topological polar surface area (TPSA) is 119 Å². The second kappa shape index (κ2) is 10.7. The lowest BCUT2D eigenvalue weighted by molar-refractivity contribution is -0.132. The number of hydrogen-bond acceptors (Lipinski definition) is 9. The highest BCUT2D eigenvalue weighted by atomic mass is 32.1. The number of pyridine rings is 1. The molecule has 0 aliphatic carbocycles. The van der Waals surface area contributed by atoms with Gasteiger partial charge in [0.1, 0.15) is 16.4 Å². The number of aliphatic hydroxyl groups excluding tert-OH is 1. The summed E-state index contributed by atoms with van der Waals surface area (Å²) in [5.41, 5.74) is 1.14. The van der Waals surface area contributed by atoms with Gasteiger partial charge in [0.15, 0.2) is 5.13 Å². The SMILES string of the molecule is CCCOc1ccc(/C(O)=C2\C(=O)C(=O)N(c3nc(C)c(C(=O)OCC)s3)[C@H]2c2cccnc2)cc1. The highest BCUT2D eigenvalue weighted by Gasteiger charge is 2.48. The number of benzene rings is 1. The van der Waals surface area contributed by atoms with Crippen molar-refractivity contribution in [1.29, 1.82) is 0 Å². The van der Waals surface area contributed by atoms with Crippen LogP contribution < -0.4 is 9.64 Å². The number of carbonyl (C=O) groups is 3. The number of aromatic nitrogens is 2. The van der Waals surface area contributed by atoms with Crippen LogP contribution in [-0.4, -0.2) is 45.9 Å². The molecule has 1 N–H and O–H groups in total. The van der Waals surface area contributed by atoms with Gasteiger partial charge in [-0.2, -0.15) is 0 Å². The van der Waals surface area contributed by atoms with Crippen molar-refractivity contribution in [2.45, 2.75) is 33.2 Å². The number of aryl methyl sites for hydroxylation is 1. The second-order valence-electron chi connectivity index (χ2n) is 7.96. The van der Waals surface area contributed by atoms with E-state index < -0.39 is 23.7 Å². The lowest BCUT2D eigenvalue weighted by atomic mass is 9.96. The Morgan fingerprint density at radius 1 is 1.17 bits per heavy atom. The smallest absolute Gasteiger partial charge is 0.350 e. The standard InChI is InChI=1S/C26H25N3O6S/c1-4-13-35-18-10-8-16(9-11-18)21(30)19-20(17-7-6-12-27-14-17)29(24(32)22(19)31)26-28-15(3)23(36-26)25(33)34-5-2/h6-12,14,20,30H,4-5,13H2,1-3H3/b21-19+/t20-/m0/s1. The molecule has 186 valence electrons. The van der Waals surface area contributed by atoms with E-state index >= 15 is 0 Å². The van der Waals surface area contributed by atoms with Crippen LogP contribution >= 0.6 is 11.3 Å². The third kappa shape index (κ3) is 4.72. The van der Waals surface area contributed by atoms with Gasteiger partial charge in [0.25, 0.3) is 5.78 Å². The first-order valence-electron chi connectivity index (χ1n) is 11.5. The van der Waals surface area contributed by atoms with Crippen LogP contribution in [0.1, 0.15) is 52.8 Å². The molecule has 1 aliphatic rings. The van der Waals surface area contributed by atoms with Gasteiger partial charge in [0.2, 0.25) is 0 Å². The Balaban J connectivity index is 1.82. The quantitative estimate of drug-likeness (QED) is 0.206. The van der Waals surface area contributed by atoms with Crippen molar-refractivity contribution in [2.24, 2.45) is 0 Å². The second-order valence-corrected chi connectivity index (χ2v) is 8.94. The number of amides is 1. The predicted molar refractivity (Wildman–Crippen MR) is 134 cm³/mol. The van der Waals surface area contributed by atoms with Crippen molar-refractivity contribution in [3.63, 3.8) is 0 Å². The van der Waals surface area contributed by atoms with E-state index in [-0.39, 0.29) is 27.9 Å². The number of thiazole rings is 1. The van der Waals surface area contributed by atoms with Crippen molar-refractivity contribution in [2.75, 3.05) is 18.1 Å². The minimum Gasteiger partial charge on any atom is -0.507 e. The van der Waals surface area contributed by atoms with Crippen molar-refractivity contribution in [3.8, 4) is 5.75 Å². The van der Waals surface area contributed by atoms with Crippen molar-refractivity contribution in [3.05, 3.63) is 76.1 Å². The number of rotatable bonds is 8. The number of hydrogen-bond donors (Lipinski definition) is 1. The lowest BCUT2D eigenvalue weighted by Crippen LogP contribution is -2.29. The van der Waals surface area contributed by atoms with E-state index in [2.05, 4.69) is 9.97 Å². The number of ketones is 1. The van der Waals surface area contributed by atoms with Crippen molar-refractivity contribution >= 4 is 39.9 Å². The van der Waals surface area contributed by atoms with Gasteiger partial charge in [-0.3, -0.25) is 19.5 Å². The average molecular weight is 508 g/mol. The summed E-state index contributed by atoms with van der Waals surface area (Å²) in [5.74, 6) is -1.98. The molecule has 10 heteroatoms. The number of Topliss-reactive ketones (excluding diaryl/α,β-unsaturated/α-hetero) is 1. The predicted octanol–water partition coefficient (Wildman–Crippen LogP) is 4.44. The fraction of sp³-hybridized carbons (Fsp3) is 0.269. The number of nitrogens with zero attached hydrogens (tertiary/aromatic N) is 3. The zero-order valence-electron chi connectivity index (χ0n) is 20.1. The van der Waals surface area contributed by atoms with Gasteiger partial charge < -0.3 is 14.6 Å². The Kier molecular flexibility index (Phi) is 7.44. The molecule has 1 atom stereocenters. The van der Waals surface area contributed by atoms with Gasteiger partial charge in [-0.05, 0) is 56.2 Å². The molecular formula is C26H25N3O6S. The monoisotopic (exact) mass is 507 g/mol. The molecule has 3 heterocycles. The Hall–Kier alpha value is -4.05. The van der Waals surface area contributed by atoms with Gasteiger partial charge in [-0.25, -0.2) is 9.78 Å². The average Bonchev–Trinajstić information content (AvgIpc) is 3.40. The van der Waals surface area contributed by atoms with Gasteiger partial charge >= 0.3 is 11.9 Å². The van der Waals surface area contributed by atoms with Crippen molar-refractivity contribution < 1.29 is 29.0 Å². The highest BCUT2D eigenvalue weighted by Crippen LogP contribution is 2.43. The maximum Gasteiger partial charge on any atom is 0.350 e. The minimum atomic E-state index is -0.990. The first-order chi connectivity index (χ1) is 17.4. The third-order valence-corrected chi connectivity index (χ3v) is 6.63. The Morgan fingerprint density at radius 3 is 2.56 bits per heavy atom. The minimum absolute atomic E-state index is 0.0965. The summed E-state index contributed by atoms with van der Waals surface area (Å²) < 4.78 is 10.7. The normalized spacial score (nSPS) is 16.9. The third-order valence-electron chi connectivity index (χ3n) is 5.50. The van der Waals surface area contributed by atoms with E-state index in [0.29, 0.717) is 29.2 Å². The van der Waals surface area contributed by atoms with E-state index in [1.165, 1.54) is 11.1 Å². The first-order valence-corrected chi connectivity index (χ1v) is 12.3. The van der Waals surface area contributed by atoms with E-state index in [9.17, 15) is 19.5 Å². The van der Waals surface area contributed by atoms with Crippen LogP contribution in [-0.2, 0) is 14.3 Å². The summed E-state index contributed by atoms with van der Waals surface area (Å²) in [6.07, 6.45) is 3.94. The number of esters is 1. The molecule has 1 amide bonds. The molecule has 36 heavy (non-hydrogen) atoms. The summed E-state index contributed by atoms with van der Waals surface area (Å²) in [6.45, 7) is 6.06. The number of aliphatic hydroxyl groups is 1. The maximum absolute atomic E-state index is 13.3. The fourth-order valence-corrected chi connectivity index (χ4v) is 4.83. The number of anilines is 1. The van der Waals surface area contributed by atoms with Gasteiger partial charge in [-0.15, -0.1) is 0 Å². The zero-order chi connectivity index (χ0) is 25.8. The Morgan fingerprint density at radius 2 is 1.92 bits per heavy atom. The summed E-state index contributed by atoms with van der Waals surface area (Å²) in [5, 5.41) is 11.4. The Bertz CT molecular complexity index is 1320. The largest absolute Gasteiger partial charge is 0.507 e. The van der Waals surface area contributed by atoms with Crippen LogP contribution in [0, 0.1) is 6.92 Å². The fourth-order valence-electron chi connectivity index (χ4n) is 3.84. The molecule has 9 nitrogen and oxygen atoms in total. The molecular weight excluding hydrogens is 482 g/mol. The maximum atomic E-state index is 13.3. The molecule has 1 aromatic carbocycles. The van der Waals surface area contributed by atoms with Crippen molar-refractivity contribution in [1.82, 2.24) is 9.97 Å².